The van der Waals surface area contributed by atoms with Crippen molar-refractivity contribution in [3.63, 3.8) is 0 Å². The summed E-state index contributed by atoms with van der Waals surface area (Å²) in [6.45, 7) is 5.28. The van der Waals surface area contributed by atoms with Gasteiger partial charge < -0.3 is 10.1 Å². The summed E-state index contributed by atoms with van der Waals surface area (Å²) in [4.78, 5) is 12.0. The summed E-state index contributed by atoms with van der Waals surface area (Å²) in [5.74, 6) is 0.566. The third-order valence-electron chi connectivity index (χ3n) is 4.23. The highest BCUT2D eigenvalue weighted by atomic mass is 16.5. The molecule has 1 aliphatic carbocycles. The van der Waals surface area contributed by atoms with Crippen molar-refractivity contribution in [2.24, 2.45) is 13.0 Å². The van der Waals surface area contributed by atoms with Gasteiger partial charge in [-0.15, -0.1) is 0 Å². The molecule has 0 saturated heterocycles. The lowest BCUT2D eigenvalue weighted by atomic mass is 9.88. The summed E-state index contributed by atoms with van der Waals surface area (Å²) in [6, 6.07) is 0. The van der Waals surface area contributed by atoms with Crippen molar-refractivity contribution in [2.45, 2.75) is 45.6 Å². The topological polar surface area (TPSA) is 56.1 Å². The van der Waals surface area contributed by atoms with E-state index in [4.69, 9.17) is 4.74 Å². The van der Waals surface area contributed by atoms with Crippen LogP contribution in [0.25, 0.3) is 0 Å². The Kier molecular flexibility index (Phi) is 5.17. The van der Waals surface area contributed by atoms with Gasteiger partial charge in [0.05, 0.1) is 24.5 Å². The average Bonchev–Trinajstić information content (AvgIpc) is 2.77. The van der Waals surface area contributed by atoms with E-state index in [0.29, 0.717) is 30.7 Å². The summed E-state index contributed by atoms with van der Waals surface area (Å²) in [7, 11) is 1.83. The largest absolute Gasteiger partial charge is 0.376 e. The molecule has 1 saturated carbocycles. The Morgan fingerprint density at radius 3 is 2.90 bits per heavy atom. The van der Waals surface area contributed by atoms with E-state index < -0.39 is 0 Å². The average molecular weight is 279 g/mol. The van der Waals surface area contributed by atoms with Gasteiger partial charge in [-0.2, -0.15) is 5.10 Å². The molecule has 2 rings (SSSR count). The van der Waals surface area contributed by atoms with Crippen molar-refractivity contribution in [3.05, 3.63) is 17.5 Å². The maximum Gasteiger partial charge on any atom is 0.254 e. The molecule has 1 amide bonds. The predicted molar refractivity (Wildman–Crippen MR) is 77.7 cm³/mol. The van der Waals surface area contributed by atoms with Gasteiger partial charge >= 0.3 is 0 Å². The van der Waals surface area contributed by atoms with Crippen LogP contribution < -0.4 is 5.32 Å². The molecule has 2 atom stereocenters. The Morgan fingerprint density at radius 2 is 2.25 bits per heavy atom. The standard InChI is InChI=1S/C15H25N3O2/c1-11-6-4-5-7-14(11)20-9-8-16-15(19)13-10-17-18(3)12(13)2/h10-11,14H,4-9H2,1-3H3,(H,16,19). The monoisotopic (exact) mass is 279 g/mol. The van der Waals surface area contributed by atoms with Crippen molar-refractivity contribution in [1.82, 2.24) is 15.1 Å². The highest BCUT2D eigenvalue weighted by Gasteiger charge is 2.21. The SMILES string of the molecule is Cc1c(C(=O)NCCOC2CCCCC2C)cnn1C. The molecule has 0 aliphatic heterocycles. The lowest BCUT2D eigenvalue weighted by Crippen LogP contribution is -2.32. The zero-order valence-electron chi connectivity index (χ0n) is 12.7. The fourth-order valence-corrected chi connectivity index (χ4v) is 2.72. The molecule has 1 aromatic rings. The molecule has 1 heterocycles. The van der Waals surface area contributed by atoms with E-state index in [0.717, 1.165) is 12.1 Å². The molecule has 112 valence electrons. The molecule has 1 N–H and O–H groups in total. The van der Waals surface area contributed by atoms with Gasteiger partial charge in [0.1, 0.15) is 0 Å². The molecular weight excluding hydrogens is 254 g/mol. The first-order valence-corrected chi connectivity index (χ1v) is 7.48. The lowest BCUT2D eigenvalue weighted by molar-refractivity contribution is -0.00294. The minimum absolute atomic E-state index is 0.0732. The third-order valence-corrected chi connectivity index (χ3v) is 4.23. The fraction of sp³-hybridized carbons (Fsp3) is 0.733. The fourth-order valence-electron chi connectivity index (χ4n) is 2.72. The van der Waals surface area contributed by atoms with Gasteiger partial charge in [-0.3, -0.25) is 9.48 Å². The molecule has 5 nitrogen and oxygen atoms in total. The Bertz CT molecular complexity index is 456. The number of aromatic nitrogens is 2. The van der Waals surface area contributed by atoms with Gasteiger partial charge in [-0.05, 0) is 25.7 Å². The predicted octanol–water partition coefficient (Wildman–Crippen LogP) is 2.05. The molecule has 5 heteroatoms. The summed E-state index contributed by atoms with van der Waals surface area (Å²) in [5.41, 5.74) is 1.52. The quantitative estimate of drug-likeness (QED) is 0.839. The minimum Gasteiger partial charge on any atom is -0.376 e. The number of amides is 1. The van der Waals surface area contributed by atoms with Crippen molar-refractivity contribution in [2.75, 3.05) is 13.2 Å². The van der Waals surface area contributed by atoms with Crippen LogP contribution in [0.2, 0.25) is 0 Å². The Balaban J connectivity index is 1.70. The van der Waals surface area contributed by atoms with Crippen molar-refractivity contribution < 1.29 is 9.53 Å². The van der Waals surface area contributed by atoms with Crippen LogP contribution in [0.4, 0.5) is 0 Å². The smallest absolute Gasteiger partial charge is 0.254 e. The maximum atomic E-state index is 12.0. The van der Waals surface area contributed by atoms with Crippen molar-refractivity contribution in [1.29, 1.82) is 0 Å². The highest BCUT2D eigenvalue weighted by Crippen LogP contribution is 2.25. The molecule has 20 heavy (non-hydrogen) atoms. The van der Waals surface area contributed by atoms with E-state index in [1.54, 1.807) is 10.9 Å². The second kappa shape index (κ2) is 6.88. The molecule has 2 unspecified atom stereocenters. The molecule has 0 radical (unpaired) electrons. The summed E-state index contributed by atoms with van der Waals surface area (Å²) >= 11 is 0. The van der Waals surface area contributed by atoms with Crippen LogP contribution in [0.15, 0.2) is 6.20 Å². The van der Waals surface area contributed by atoms with E-state index in [1.165, 1.54) is 19.3 Å². The molecule has 0 aromatic carbocycles. The number of hydrogen-bond donors (Lipinski definition) is 1. The molecule has 1 aliphatic rings. The Labute approximate surface area is 120 Å². The Morgan fingerprint density at radius 1 is 1.50 bits per heavy atom. The van der Waals surface area contributed by atoms with Crippen LogP contribution in [0.5, 0.6) is 0 Å². The number of rotatable bonds is 5. The van der Waals surface area contributed by atoms with Gasteiger partial charge in [0.15, 0.2) is 0 Å². The van der Waals surface area contributed by atoms with Crippen molar-refractivity contribution >= 4 is 5.91 Å². The van der Waals surface area contributed by atoms with E-state index in [1.807, 2.05) is 14.0 Å². The maximum absolute atomic E-state index is 12.0. The third kappa shape index (κ3) is 3.60. The zero-order chi connectivity index (χ0) is 14.5. The van der Waals surface area contributed by atoms with Crippen LogP contribution in [0, 0.1) is 12.8 Å². The minimum atomic E-state index is -0.0732. The van der Waals surface area contributed by atoms with Crippen LogP contribution in [-0.4, -0.2) is 34.9 Å². The van der Waals surface area contributed by atoms with Crippen LogP contribution in [0.3, 0.4) is 0 Å². The van der Waals surface area contributed by atoms with Gasteiger partial charge in [0, 0.05) is 19.3 Å². The molecular formula is C15H25N3O2. The second-order valence-corrected chi connectivity index (χ2v) is 5.69. The van der Waals surface area contributed by atoms with Crippen molar-refractivity contribution in [3.8, 4) is 0 Å². The van der Waals surface area contributed by atoms with E-state index in [-0.39, 0.29) is 5.91 Å². The Hall–Kier alpha value is -1.36. The number of hydrogen-bond acceptors (Lipinski definition) is 3. The van der Waals surface area contributed by atoms with E-state index in [9.17, 15) is 4.79 Å². The number of ether oxygens (including phenoxy) is 1. The van der Waals surface area contributed by atoms with Gasteiger partial charge in [-0.25, -0.2) is 0 Å². The number of nitrogens with zero attached hydrogens (tertiary/aromatic N) is 2. The van der Waals surface area contributed by atoms with Gasteiger partial charge in [-0.1, -0.05) is 19.8 Å². The second-order valence-electron chi connectivity index (χ2n) is 5.69. The summed E-state index contributed by atoms with van der Waals surface area (Å²) in [5, 5.41) is 6.96. The van der Waals surface area contributed by atoms with E-state index >= 15 is 0 Å². The lowest BCUT2D eigenvalue weighted by Gasteiger charge is -2.28. The molecule has 0 spiro atoms. The molecule has 1 fully saturated rings. The number of carbonyl (C=O) groups is 1. The zero-order valence-corrected chi connectivity index (χ0v) is 12.7. The van der Waals surface area contributed by atoms with Gasteiger partial charge in [0.25, 0.3) is 5.91 Å². The van der Waals surface area contributed by atoms with E-state index in [2.05, 4.69) is 17.3 Å². The van der Waals surface area contributed by atoms with Crippen LogP contribution >= 0.6 is 0 Å². The summed E-state index contributed by atoms with van der Waals surface area (Å²) < 4.78 is 7.58. The highest BCUT2D eigenvalue weighted by molar-refractivity contribution is 5.94. The number of carbonyl (C=O) groups excluding carboxylic acids is 1. The molecule has 0 bridgehead atoms. The first-order valence-electron chi connectivity index (χ1n) is 7.48. The van der Waals surface area contributed by atoms with Crippen LogP contribution in [0.1, 0.15) is 48.7 Å². The number of nitrogens with one attached hydrogen (secondary N) is 1. The van der Waals surface area contributed by atoms with Crippen LogP contribution in [-0.2, 0) is 11.8 Å². The van der Waals surface area contributed by atoms with Gasteiger partial charge in [0.2, 0.25) is 0 Å². The summed E-state index contributed by atoms with van der Waals surface area (Å²) in [6.07, 6.45) is 6.95. The number of aryl methyl sites for hydroxylation is 1. The first-order chi connectivity index (χ1) is 9.59. The molecule has 1 aromatic heterocycles. The first kappa shape index (κ1) is 15.0. The normalized spacial score (nSPS) is 22.8.